The molecule has 0 spiro atoms. The molecule has 0 aromatic carbocycles. The molecule has 3 nitrogen and oxygen atoms in total. The van der Waals surface area contributed by atoms with E-state index in [1.54, 1.807) is 6.20 Å². The maximum absolute atomic E-state index is 5.36. The molecule has 0 N–H and O–H groups in total. The van der Waals surface area contributed by atoms with Gasteiger partial charge in [-0.2, -0.15) is 0 Å². The van der Waals surface area contributed by atoms with E-state index in [1.807, 2.05) is 6.07 Å². The quantitative estimate of drug-likeness (QED) is 0.757. The van der Waals surface area contributed by atoms with Crippen LogP contribution >= 0.6 is 22.6 Å². The van der Waals surface area contributed by atoms with Crippen molar-refractivity contribution < 1.29 is 4.42 Å². The summed E-state index contributed by atoms with van der Waals surface area (Å²) in [5.74, 6) is 1.22. The van der Waals surface area contributed by atoms with Crippen molar-refractivity contribution in [3.8, 4) is 0 Å². The van der Waals surface area contributed by atoms with E-state index >= 15 is 0 Å². The lowest BCUT2D eigenvalue weighted by molar-refractivity contribution is 0.581. The van der Waals surface area contributed by atoms with Gasteiger partial charge in [0.05, 0.1) is 6.20 Å². The number of nitrogens with zero attached hydrogens (tertiary/aromatic N) is 2. The third-order valence-corrected chi connectivity index (χ3v) is 2.31. The van der Waals surface area contributed by atoms with E-state index in [0.29, 0.717) is 5.92 Å². The summed E-state index contributed by atoms with van der Waals surface area (Å²) in [6, 6.07) is 1.92. The molecule has 0 bridgehead atoms. The van der Waals surface area contributed by atoms with Crippen molar-refractivity contribution in [1.82, 2.24) is 9.97 Å². The molecular formula is C9H9IN2O. The van der Waals surface area contributed by atoms with E-state index in [2.05, 4.69) is 46.4 Å². The molecule has 0 aliphatic carbocycles. The molecule has 2 aromatic heterocycles. The highest BCUT2D eigenvalue weighted by atomic mass is 127. The first kappa shape index (κ1) is 8.93. The normalized spacial score (nSPS) is 11.4. The number of aromatic nitrogens is 2. The summed E-state index contributed by atoms with van der Waals surface area (Å²) in [7, 11) is 0. The van der Waals surface area contributed by atoms with Crippen molar-refractivity contribution in [1.29, 1.82) is 0 Å². The summed E-state index contributed by atoms with van der Waals surface area (Å²) in [4.78, 5) is 8.60. The Morgan fingerprint density at radius 1 is 1.46 bits per heavy atom. The Kier molecular flexibility index (Phi) is 2.23. The zero-order valence-electron chi connectivity index (χ0n) is 7.41. The third-order valence-electron chi connectivity index (χ3n) is 1.78. The molecule has 0 unspecified atom stereocenters. The molecule has 0 aliphatic rings. The van der Waals surface area contributed by atoms with E-state index in [1.165, 1.54) is 0 Å². The molecule has 68 valence electrons. The lowest BCUT2D eigenvalue weighted by atomic mass is 10.2. The first-order valence-electron chi connectivity index (χ1n) is 4.09. The van der Waals surface area contributed by atoms with Crippen molar-refractivity contribution in [3.05, 3.63) is 21.9 Å². The Hall–Kier alpha value is -0.650. The Morgan fingerprint density at radius 3 is 2.92 bits per heavy atom. The van der Waals surface area contributed by atoms with Crippen LogP contribution in [0.15, 0.2) is 16.7 Å². The van der Waals surface area contributed by atoms with Crippen LogP contribution in [0.3, 0.4) is 0 Å². The summed E-state index contributed by atoms with van der Waals surface area (Å²) in [5.41, 5.74) is 1.65. The van der Waals surface area contributed by atoms with Crippen molar-refractivity contribution in [3.63, 3.8) is 0 Å². The first-order valence-corrected chi connectivity index (χ1v) is 5.16. The van der Waals surface area contributed by atoms with E-state index in [9.17, 15) is 0 Å². The van der Waals surface area contributed by atoms with Crippen LogP contribution in [0, 0.1) is 3.77 Å². The van der Waals surface area contributed by atoms with Gasteiger partial charge < -0.3 is 4.42 Å². The smallest absolute Gasteiger partial charge is 0.172 e. The van der Waals surface area contributed by atoms with Crippen molar-refractivity contribution in [2.24, 2.45) is 0 Å². The van der Waals surface area contributed by atoms with Gasteiger partial charge in [0.2, 0.25) is 0 Å². The van der Waals surface area contributed by atoms with Gasteiger partial charge in [-0.15, -0.1) is 0 Å². The Labute approximate surface area is 89.7 Å². The first-order chi connectivity index (χ1) is 6.16. The molecule has 0 aliphatic heterocycles. The minimum atomic E-state index is 0.358. The fraction of sp³-hybridized carbons (Fsp3) is 0.333. The van der Waals surface area contributed by atoms with Crippen LogP contribution in [-0.2, 0) is 0 Å². The zero-order chi connectivity index (χ0) is 9.42. The number of furan rings is 1. The van der Waals surface area contributed by atoms with E-state index in [-0.39, 0.29) is 0 Å². The molecule has 0 saturated heterocycles. The monoisotopic (exact) mass is 288 g/mol. The van der Waals surface area contributed by atoms with Gasteiger partial charge in [-0.05, 0) is 22.6 Å². The van der Waals surface area contributed by atoms with E-state index in [0.717, 1.165) is 20.7 Å². The molecule has 2 aromatic rings. The highest BCUT2D eigenvalue weighted by Crippen LogP contribution is 2.19. The van der Waals surface area contributed by atoms with Crippen LogP contribution in [-0.4, -0.2) is 9.97 Å². The van der Waals surface area contributed by atoms with Gasteiger partial charge in [-0.25, -0.2) is 9.97 Å². The van der Waals surface area contributed by atoms with Gasteiger partial charge in [0.25, 0.3) is 0 Å². The largest absolute Gasteiger partial charge is 0.447 e. The Morgan fingerprint density at radius 2 is 2.23 bits per heavy atom. The standard InChI is InChI=1S/C9H9IN2O/c1-5(2)9-11-4-7-6(12-9)3-8(10)13-7/h3-5H,1-2H3. The SMILES string of the molecule is CC(C)c1ncc2oc(I)cc2n1. The summed E-state index contributed by atoms with van der Waals surface area (Å²) in [6.07, 6.45) is 1.74. The topological polar surface area (TPSA) is 38.9 Å². The van der Waals surface area contributed by atoms with Crippen LogP contribution in [0.2, 0.25) is 0 Å². The van der Waals surface area contributed by atoms with Gasteiger partial charge in [-0.3, -0.25) is 0 Å². The second-order valence-corrected chi connectivity index (χ2v) is 4.25. The molecule has 4 heteroatoms. The predicted octanol–water partition coefficient (Wildman–Crippen LogP) is 2.95. The van der Waals surface area contributed by atoms with Gasteiger partial charge in [0.1, 0.15) is 11.3 Å². The van der Waals surface area contributed by atoms with Crippen LogP contribution < -0.4 is 0 Å². The highest BCUT2D eigenvalue weighted by molar-refractivity contribution is 14.1. The molecule has 0 amide bonds. The minimum Gasteiger partial charge on any atom is -0.447 e. The number of hydrogen-bond acceptors (Lipinski definition) is 3. The van der Waals surface area contributed by atoms with E-state index in [4.69, 9.17) is 4.42 Å². The Balaban J connectivity index is 2.61. The lowest BCUT2D eigenvalue weighted by Crippen LogP contribution is -1.95. The third kappa shape index (κ3) is 1.67. The summed E-state index contributed by atoms with van der Waals surface area (Å²) >= 11 is 2.13. The number of halogens is 1. The van der Waals surface area contributed by atoms with Gasteiger partial charge in [0.15, 0.2) is 9.35 Å². The van der Waals surface area contributed by atoms with Crippen molar-refractivity contribution in [2.75, 3.05) is 0 Å². The van der Waals surface area contributed by atoms with Gasteiger partial charge in [-0.1, -0.05) is 13.8 Å². The molecule has 0 fully saturated rings. The molecular weight excluding hydrogens is 279 g/mol. The molecule has 0 saturated carbocycles. The minimum absolute atomic E-state index is 0.358. The van der Waals surface area contributed by atoms with Crippen LogP contribution in [0.5, 0.6) is 0 Å². The molecule has 2 heterocycles. The van der Waals surface area contributed by atoms with Crippen LogP contribution in [0.1, 0.15) is 25.6 Å². The van der Waals surface area contributed by atoms with E-state index < -0.39 is 0 Å². The van der Waals surface area contributed by atoms with Crippen molar-refractivity contribution >= 4 is 33.7 Å². The molecule has 13 heavy (non-hydrogen) atoms. The number of fused-ring (bicyclic) bond motifs is 1. The maximum Gasteiger partial charge on any atom is 0.172 e. The zero-order valence-corrected chi connectivity index (χ0v) is 9.57. The second kappa shape index (κ2) is 3.25. The summed E-state index contributed by atoms with van der Waals surface area (Å²) in [5, 5.41) is 0. The fourth-order valence-electron chi connectivity index (χ4n) is 1.10. The van der Waals surface area contributed by atoms with Crippen LogP contribution in [0.25, 0.3) is 11.1 Å². The summed E-state index contributed by atoms with van der Waals surface area (Å²) < 4.78 is 6.21. The number of rotatable bonds is 1. The predicted molar refractivity (Wildman–Crippen MR) is 58.6 cm³/mol. The van der Waals surface area contributed by atoms with Crippen molar-refractivity contribution in [2.45, 2.75) is 19.8 Å². The maximum atomic E-state index is 5.36. The Bertz CT molecular complexity index is 436. The fourth-order valence-corrected chi connectivity index (χ4v) is 1.63. The highest BCUT2D eigenvalue weighted by Gasteiger charge is 2.07. The summed E-state index contributed by atoms with van der Waals surface area (Å²) in [6.45, 7) is 4.15. The second-order valence-electron chi connectivity index (χ2n) is 3.18. The average Bonchev–Trinajstić information content (AvgIpc) is 2.42. The number of hydrogen-bond donors (Lipinski definition) is 0. The molecule has 0 atom stereocenters. The molecule has 2 rings (SSSR count). The lowest BCUT2D eigenvalue weighted by Gasteiger charge is -2.00. The van der Waals surface area contributed by atoms with Gasteiger partial charge >= 0.3 is 0 Å². The average molecular weight is 288 g/mol. The van der Waals surface area contributed by atoms with Crippen LogP contribution in [0.4, 0.5) is 0 Å². The molecule has 0 radical (unpaired) electrons. The van der Waals surface area contributed by atoms with Gasteiger partial charge in [0, 0.05) is 12.0 Å².